The van der Waals surface area contributed by atoms with Crippen molar-refractivity contribution in [2.45, 2.75) is 0 Å². The van der Waals surface area contributed by atoms with Gasteiger partial charge in [0.2, 0.25) is 0 Å². The first-order valence-corrected chi connectivity index (χ1v) is 4.69. The highest BCUT2D eigenvalue weighted by Crippen LogP contribution is 2.00. The summed E-state index contributed by atoms with van der Waals surface area (Å²) >= 11 is 0. The average molecular weight is 220 g/mol. The molecular formula is C12H12O4. The van der Waals surface area contributed by atoms with E-state index in [-0.39, 0.29) is 6.61 Å². The fourth-order valence-corrected chi connectivity index (χ4v) is 0.966. The molecule has 1 rings (SSSR count). The van der Waals surface area contributed by atoms with Crippen LogP contribution in [0.3, 0.4) is 0 Å². The van der Waals surface area contributed by atoms with Crippen LogP contribution < -0.4 is 0 Å². The topological polar surface area (TPSA) is 52.6 Å². The van der Waals surface area contributed by atoms with E-state index in [1.165, 1.54) is 13.2 Å². The summed E-state index contributed by atoms with van der Waals surface area (Å²) in [4.78, 5) is 21.8. The van der Waals surface area contributed by atoms with Gasteiger partial charge in [0, 0.05) is 6.08 Å². The number of hydrogen-bond donors (Lipinski definition) is 0. The predicted molar refractivity (Wildman–Crippen MR) is 58.5 cm³/mol. The standard InChI is InChI=1S/C12H12O4/c1-15-12(14)9-16-11(13)8-7-10-5-3-2-4-6-10/h2-8H,9H2,1H3. The van der Waals surface area contributed by atoms with Crippen molar-refractivity contribution < 1.29 is 19.1 Å². The molecule has 0 fully saturated rings. The van der Waals surface area contributed by atoms with Crippen LogP contribution in [0.5, 0.6) is 0 Å². The Bertz CT molecular complexity index is 381. The van der Waals surface area contributed by atoms with Crippen LogP contribution in [0.1, 0.15) is 5.56 Å². The number of methoxy groups -OCH3 is 1. The van der Waals surface area contributed by atoms with Crippen molar-refractivity contribution in [2.75, 3.05) is 13.7 Å². The van der Waals surface area contributed by atoms with E-state index in [4.69, 9.17) is 0 Å². The van der Waals surface area contributed by atoms with Gasteiger partial charge in [-0.3, -0.25) is 0 Å². The summed E-state index contributed by atoms with van der Waals surface area (Å²) in [5, 5.41) is 0. The lowest BCUT2D eigenvalue weighted by molar-refractivity contribution is -0.154. The molecule has 0 heterocycles. The second kappa shape index (κ2) is 6.40. The van der Waals surface area contributed by atoms with Crippen molar-refractivity contribution in [1.82, 2.24) is 0 Å². The maximum Gasteiger partial charge on any atom is 0.344 e. The summed E-state index contributed by atoms with van der Waals surface area (Å²) in [6, 6.07) is 9.31. The largest absolute Gasteiger partial charge is 0.466 e. The molecule has 1 aromatic carbocycles. The van der Waals surface area contributed by atoms with E-state index in [0.717, 1.165) is 5.56 Å². The van der Waals surface area contributed by atoms with Crippen LogP contribution in [0.4, 0.5) is 0 Å². The molecule has 0 spiro atoms. The van der Waals surface area contributed by atoms with Crippen molar-refractivity contribution in [1.29, 1.82) is 0 Å². The molecule has 0 unspecified atom stereocenters. The number of carbonyl (C=O) groups is 2. The van der Waals surface area contributed by atoms with Gasteiger partial charge in [-0.2, -0.15) is 0 Å². The van der Waals surface area contributed by atoms with Gasteiger partial charge in [-0.15, -0.1) is 0 Å². The van der Waals surface area contributed by atoms with Crippen LogP contribution >= 0.6 is 0 Å². The summed E-state index contributed by atoms with van der Waals surface area (Å²) in [6.45, 7) is -0.367. The Balaban J connectivity index is 2.40. The summed E-state index contributed by atoms with van der Waals surface area (Å²) < 4.78 is 8.94. The lowest BCUT2D eigenvalue weighted by atomic mass is 10.2. The lowest BCUT2D eigenvalue weighted by Gasteiger charge is -1.99. The molecular weight excluding hydrogens is 208 g/mol. The number of benzene rings is 1. The second-order valence-electron chi connectivity index (χ2n) is 2.93. The zero-order valence-corrected chi connectivity index (χ0v) is 8.88. The van der Waals surface area contributed by atoms with Gasteiger partial charge in [0.15, 0.2) is 6.61 Å². The lowest BCUT2D eigenvalue weighted by Crippen LogP contribution is -2.13. The molecule has 0 radical (unpaired) electrons. The fourth-order valence-electron chi connectivity index (χ4n) is 0.966. The molecule has 0 aliphatic carbocycles. The van der Waals surface area contributed by atoms with Crippen LogP contribution in [0, 0.1) is 0 Å². The van der Waals surface area contributed by atoms with Crippen LogP contribution in [-0.2, 0) is 19.1 Å². The zero-order valence-electron chi connectivity index (χ0n) is 8.88. The van der Waals surface area contributed by atoms with Gasteiger partial charge in [0.1, 0.15) is 0 Å². The van der Waals surface area contributed by atoms with Gasteiger partial charge in [0.25, 0.3) is 0 Å². The van der Waals surface area contributed by atoms with Crippen LogP contribution in [0.2, 0.25) is 0 Å². The molecule has 4 nitrogen and oxygen atoms in total. The minimum absolute atomic E-state index is 0.367. The molecule has 0 aromatic heterocycles. The minimum atomic E-state index is -0.582. The number of carbonyl (C=O) groups excluding carboxylic acids is 2. The maximum absolute atomic E-state index is 11.1. The molecule has 0 N–H and O–H groups in total. The van der Waals surface area contributed by atoms with Crippen molar-refractivity contribution in [3.05, 3.63) is 42.0 Å². The number of ether oxygens (including phenoxy) is 2. The molecule has 0 amide bonds. The molecule has 16 heavy (non-hydrogen) atoms. The molecule has 0 atom stereocenters. The third-order valence-corrected chi connectivity index (χ3v) is 1.77. The Hall–Kier alpha value is -2.10. The maximum atomic E-state index is 11.1. The van der Waals surface area contributed by atoms with E-state index in [0.29, 0.717) is 0 Å². The van der Waals surface area contributed by atoms with E-state index >= 15 is 0 Å². The SMILES string of the molecule is COC(=O)COC(=O)C=Cc1ccccc1. The van der Waals surface area contributed by atoms with Gasteiger partial charge < -0.3 is 9.47 Å². The number of hydrogen-bond acceptors (Lipinski definition) is 4. The van der Waals surface area contributed by atoms with Crippen LogP contribution in [0.25, 0.3) is 6.08 Å². The van der Waals surface area contributed by atoms with Crippen LogP contribution in [0.15, 0.2) is 36.4 Å². The first-order chi connectivity index (χ1) is 7.72. The summed E-state index contributed by atoms with van der Waals surface area (Å²) in [7, 11) is 1.23. The molecule has 0 saturated carbocycles. The van der Waals surface area contributed by atoms with Gasteiger partial charge in [0.05, 0.1) is 7.11 Å². The Morgan fingerprint density at radius 1 is 1.25 bits per heavy atom. The van der Waals surface area contributed by atoms with Crippen LogP contribution in [-0.4, -0.2) is 25.7 Å². The second-order valence-corrected chi connectivity index (χ2v) is 2.93. The molecule has 4 heteroatoms. The van der Waals surface area contributed by atoms with E-state index in [1.54, 1.807) is 6.08 Å². The summed E-state index contributed by atoms with van der Waals surface area (Å²) in [6.07, 6.45) is 2.87. The van der Waals surface area contributed by atoms with E-state index in [2.05, 4.69) is 9.47 Å². The first-order valence-electron chi connectivity index (χ1n) is 4.69. The highest BCUT2D eigenvalue weighted by atomic mass is 16.6. The molecule has 84 valence electrons. The Morgan fingerprint density at radius 2 is 1.94 bits per heavy atom. The third-order valence-electron chi connectivity index (χ3n) is 1.77. The highest BCUT2D eigenvalue weighted by Gasteiger charge is 2.03. The third kappa shape index (κ3) is 4.41. The molecule has 0 aliphatic heterocycles. The Labute approximate surface area is 93.5 Å². The average Bonchev–Trinajstić information content (AvgIpc) is 2.34. The Kier molecular flexibility index (Phi) is 4.79. The zero-order chi connectivity index (χ0) is 11.8. The van der Waals surface area contributed by atoms with E-state index < -0.39 is 11.9 Å². The van der Waals surface area contributed by atoms with E-state index in [1.807, 2.05) is 30.3 Å². The smallest absolute Gasteiger partial charge is 0.344 e. The summed E-state index contributed by atoms with van der Waals surface area (Å²) in [5.41, 5.74) is 0.887. The monoisotopic (exact) mass is 220 g/mol. The van der Waals surface area contributed by atoms with Crippen molar-refractivity contribution >= 4 is 18.0 Å². The normalized spacial score (nSPS) is 10.1. The quantitative estimate of drug-likeness (QED) is 0.568. The van der Waals surface area contributed by atoms with Crippen molar-refractivity contribution in [3.63, 3.8) is 0 Å². The molecule has 0 aliphatic rings. The highest BCUT2D eigenvalue weighted by molar-refractivity contribution is 5.88. The fraction of sp³-hybridized carbons (Fsp3) is 0.167. The van der Waals surface area contributed by atoms with Crippen molar-refractivity contribution in [2.24, 2.45) is 0 Å². The molecule has 1 aromatic rings. The molecule has 0 bridgehead atoms. The molecule has 0 saturated heterocycles. The number of esters is 2. The van der Waals surface area contributed by atoms with Crippen molar-refractivity contribution in [3.8, 4) is 0 Å². The Morgan fingerprint density at radius 3 is 2.56 bits per heavy atom. The minimum Gasteiger partial charge on any atom is -0.466 e. The van der Waals surface area contributed by atoms with Gasteiger partial charge in [-0.05, 0) is 11.6 Å². The van der Waals surface area contributed by atoms with Gasteiger partial charge in [-0.1, -0.05) is 30.3 Å². The van der Waals surface area contributed by atoms with Gasteiger partial charge >= 0.3 is 11.9 Å². The number of rotatable bonds is 4. The van der Waals surface area contributed by atoms with E-state index in [9.17, 15) is 9.59 Å². The summed E-state index contributed by atoms with van der Waals surface area (Å²) in [5.74, 6) is -1.16. The first kappa shape index (κ1) is 12.0. The predicted octanol–water partition coefficient (Wildman–Crippen LogP) is 1.42. The van der Waals surface area contributed by atoms with Gasteiger partial charge in [-0.25, -0.2) is 9.59 Å².